The van der Waals surface area contributed by atoms with Gasteiger partial charge < -0.3 is 29.4 Å². The highest BCUT2D eigenvalue weighted by molar-refractivity contribution is 6.01. The van der Waals surface area contributed by atoms with E-state index in [2.05, 4.69) is 20.7 Å². The number of aromatic nitrogens is 4. The zero-order valence-corrected chi connectivity index (χ0v) is 23.1. The highest BCUT2D eigenvalue weighted by Gasteiger charge is 2.55. The van der Waals surface area contributed by atoms with Gasteiger partial charge in [0.25, 0.3) is 11.5 Å². The molecule has 3 aliphatic rings. The largest absolute Gasteiger partial charge is 0.443 e. The Morgan fingerprint density at radius 1 is 1.23 bits per heavy atom. The van der Waals surface area contributed by atoms with Gasteiger partial charge in [0.15, 0.2) is 5.65 Å². The minimum absolute atomic E-state index is 0.0253. The molecule has 3 aromatic heterocycles. The van der Waals surface area contributed by atoms with Crippen molar-refractivity contribution in [3.63, 3.8) is 0 Å². The predicted molar refractivity (Wildman–Crippen MR) is 145 cm³/mol. The summed E-state index contributed by atoms with van der Waals surface area (Å²) in [6.07, 6.45) is 3.28. The highest BCUT2D eigenvalue weighted by atomic mass is 16.6. The molecule has 2 amide bonds. The van der Waals surface area contributed by atoms with Crippen LogP contribution in [0.25, 0.3) is 5.65 Å². The molecule has 212 valence electrons. The summed E-state index contributed by atoms with van der Waals surface area (Å²) in [5.41, 5.74) is -0.149. The van der Waals surface area contributed by atoms with Crippen molar-refractivity contribution in [3.8, 4) is 0 Å². The van der Waals surface area contributed by atoms with Crippen LogP contribution in [-0.4, -0.2) is 76.3 Å². The van der Waals surface area contributed by atoms with Crippen LogP contribution in [0.3, 0.4) is 0 Å². The van der Waals surface area contributed by atoms with E-state index < -0.39 is 11.7 Å². The number of amides is 2. The Bertz CT molecular complexity index is 1530. The SMILES string of the molecule is CO[C@@H]1CC1NC(=O)c1cnn2c(N(C)C(=O)OC(C)(C)C)cc(Nc3cccn(C4[C@H]5COC[C@@H]45)c3=O)nc12. The Hall–Kier alpha value is -3.97. The van der Waals surface area contributed by atoms with Crippen LogP contribution in [0, 0.1) is 11.8 Å². The molecule has 3 fully saturated rings. The molecule has 1 aliphatic heterocycles. The fraction of sp³-hybridized carbons (Fsp3) is 0.519. The van der Waals surface area contributed by atoms with E-state index in [1.807, 2.05) is 6.07 Å². The summed E-state index contributed by atoms with van der Waals surface area (Å²) < 4.78 is 19.5. The van der Waals surface area contributed by atoms with Gasteiger partial charge in [-0.15, -0.1) is 0 Å². The maximum Gasteiger partial charge on any atom is 0.415 e. The van der Waals surface area contributed by atoms with Crippen molar-refractivity contribution < 1.29 is 23.8 Å². The second-order valence-electron chi connectivity index (χ2n) is 11.5. The molecule has 5 atom stereocenters. The van der Waals surface area contributed by atoms with Gasteiger partial charge in [0.1, 0.15) is 28.5 Å². The summed E-state index contributed by atoms with van der Waals surface area (Å²) in [6, 6.07) is 5.11. The first-order valence-corrected chi connectivity index (χ1v) is 13.3. The number of carbonyl (C=O) groups excluding carboxylic acids is 2. The van der Waals surface area contributed by atoms with E-state index in [1.54, 1.807) is 57.8 Å². The molecule has 13 heteroatoms. The van der Waals surface area contributed by atoms with Crippen LogP contribution >= 0.6 is 0 Å². The minimum Gasteiger partial charge on any atom is -0.443 e. The second-order valence-corrected chi connectivity index (χ2v) is 11.5. The first-order chi connectivity index (χ1) is 19.1. The lowest BCUT2D eigenvalue weighted by atomic mass is 10.2. The predicted octanol–water partition coefficient (Wildman–Crippen LogP) is 2.34. The molecule has 2 unspecified atom stereocenters. The lowest BCUT2D eigenvalue weighted by molar-refractivity contribution is 0.0587. The molecule has 2 N–H and O–H groups in total. The number of ether oxygens (including phenoxy) is 3. The lowest BCUT2D eigenvalue weighted by Gasteiger charge is -2.25. The number of pyridine rings is 1. The van der Waals surface area contributed by atoms with Crippen molar-refractivity contribution in [2.45, 2.75) is 51.0 Å². The topological polar surface area (TPSA) is 141 Å². The average Bonchev–Trinajstić information content (AvgIpc) is 3.66. The quantitative estimate of drug-likeness (QED) is 0.453. The Morgan fingerprint density at radius 3 is 2.65 bits per heavy atom. The van der Waals surface area contributed by atoms with E-state index in [0.29, 0.717) is 36.6 Å². The Kier molecular flexibility index (Phi) is 6.30. The summed E-state index contributed by atoms with van der Waals surface area (Å²) in [4.78, 5) is 45.4. The molecule has 6 rings (SSSR count). The molecule has 3 aromatic rings. The van der Waals surface area contributed by atoms with Gasteiger partial charge in [-0.25, -0.2) is 9.78 Å². The Morgan fingerprint density at radius 2 is 1.98 bits per heavy atom. The monoisotopic (exact) mass is 551 g/mol. The molecule has 4 heterocycles. The van der Waals surface area contributed by atoms with Gasteiger partial charge in [-0.1, -0.05) is 0 Å². The van der Waals surface area contributed by atoms with Crippen LogP contribution in [0.5, 0.6) is 0 Å². The molecule has 2 saturated carbocycles. The summed E-state index contributed by atoms with van der Waals surface area (Å²) in [5, 5.41) is 10.4. The standard InChI is InChI=1S/C27H33N7O6/c1-27(2,3)40-26(37)32(4)21-10-20(29-17-7-6-8-33(25(17)36)22-15-12-39-13-16(15)22)31-23-14(11-28-34(21)23)24(35)30-18-9-19(18)38-5/h6-8,10-11,15-16,18-19,22H,9,12-13H2,1-5H3,(H,29,31)(H,30,35)/t15-,16+,18?,19-,22?/m1/s1. The minimum atomic E-state index is -0.725. The van der Waals surface area contributed by atoms with Gasteiger partial charge in [0.05, 0.1) is 31.6 Å². The molecule has 0 aromatic carbocycles. The van der Waals surface area contributed by atoms with Crippen LogP contribution < -0.4 is 21.1 Å². The van der Waals surface area contributed by atoms with Gasteiger partial charge >= 0.3 is 6.09 Å². The van der Waals surface area contributed by atoms with E-state index in [-0.39, 0.29) is 46.7 Å². The molecular weight excluding hydrogens is 518 g/mol. The van der Waals surface area contributed by atoms with Crippen molar-refractivity contribution in [2.24, 2.45) is 11.8 Å². The average molecular weight is 552 g/mol. The first kappa shape index (κ1) is 26.3. The second kappa shape index (κ2) is 9.59. The van der Waals surface area contributed by atoms with Gasteiger partial charge in [0, 0.05) is 44.3 Å². The smallest absolute Gasteiger partial charge is 0.415 e. The van der Waals surface area contributed by atoms with Crippen LogP contribution in [0.1, 0.15) is 43.6 Å². The third kappa shape index (κ3) is 4.79. The highest BCUT2D eigenvalue weighted by Crippen LogP contribution is 2.53. The van der Waals surface area contributed by atoms with Crippen molar-refractivity contribution in [3.05, 3.63) is 46.5 Å². The van der Waals surface area contributed by atoms with Crippen molar-refractivity contribution >= 4 is 35.0 Å². The zero-order valence-electron chi connectivity index (χ0n) is 23.1. The van der Waals surface area contributed by atoms with Crippen LogP contribution in [-0.2, 0) is 14.2 Å². The van der Waals surface area contributed by atoms with Crippen LogP contribution in [0.2, 0.25) is 0 Å². The molecule has 0 spiro atoms. The normalized spacial score (nSPS) is 24.9. The summed E-state index contributed by atoms with van der Waals surface area (Å²) in [5.74, 6) is 0.914. The summed E-state index contributed by atoms with van der Waals surface area (Å²) >= 11 is 0. The number of carbonyl (C=O) groups is 2. The molecule has 2 aliphatic carbocycles. The summed E-state index contributed by atoms with van der Waals surface area (Å²) in [6.45, 7) is 6.65. The van der Waals surface area contributed by atoms with Gasteiger partial charge in [-0.05, 0) is 39.3 Å². The number of nitrogens with one attached hydrogen (secondary N) is 2. The number of nitrogens with zero attached hydrogens (tertiary/aromatic N) is 5. The number of hydrogen-bond donors (Lipinski definition) is 2. The van der Waals surface area contributed by atoms with Crippen molar-refractivity contribution in [1.82, 2.24) is 24.5 Å². The van der Waals surface area contributed by atoms with Crippen molar-refractivity contribution in [1.29, 1.82) is 0 Å². The fourth-order valence-corrected chi connectivity index (χ4v) is 5.26. The maximum absolute atomic E-state index is 13.4. The molecule has 40 heavy (non-hydrogen) atoms. The van der Waals surface area contributed by atoms with E-state index in [9.17, 15) is 14.4 Å². The first-order valence-electron chi connectivity index (χ1n) is 13.3. The number of rotatable bonds is 7. The Balaban J connectivity index is 1.36. The van der Waals surface area contributed by atoms with E-state index >= 15 is 0 Å². The molecule has 1 saturated heterocycles. The summed E-state index contributed by atoms with van der Waals surface area (Å²) in [7, 11) is 3.15. The van der Waals surface area contributed by atoms with Crippen LogP contribution in [0.15, 0.2) is 35.4 Å². The lowest BCUT2D eigenvalue weighted by Crippen LogP contribution is -2.35. The zero-order chi connectivity index (χ0) is 28.3. The van der Waals surface area contributed by atoms with Crippen molar-refractivity contribution in [2.75, 3.05) is 37.6 Å². The number of hydrogen-bond acceptors (Lipinski definition) is 9. The third-order valence-electron chi connectivity index (χ3n) is 7.53. The molecular formula is C27H33N7O6. The number of methoxy groups -OCH3 is 1. The van der Waals surface area contributed by atoms with E-state index in [4.69, 9.17) is 14.2 Å². The molecule has 0 radical (unpaired) electrons. The third-order valence-corrected chi connectivity index (χ3v) is 7.53. The van der Waals surface area contributed by atoms with Gasteiger partial charge in [0.2, 0.25) is 0 Å². The van der Waals surface area contributed by atoms with Gasteiger partial charge in [-0.2, -0.15) is 9.61 Å². The number of fused-ring (bicyclic) bond motifs is 2. The van der Waals surface area contributed by atoms with Gasteiger partial charge in [-0.3, -0.25) is 14.5 Å². The maximum atomic E-state index is 13.4. The Labute approximate surface area is 230 Å². The molecule has 13 nitrogen and oxygen atoms in total. The van der Waals surface area contributed by atoms with E-state index in [1.165, 1.54) is 15.6 Å². The van der Waals surface area contributed by atoms with E-state index in [0.717, 1.165) is 6.42 Å². The fourth-order valence-electron chi connectivity index (χ4n) is 5.26. The number of anilines is 3. The van der Waals surface area contributed by atoms with Crippen LogP contribution in [0.4, 0.5) is 22.1 Å². The molecule has 0 bridgehead atoms.